The molecule has 0 radical (unpaired) electrons. The fourth-order valence-corrected chi connectivity index (χ4v) is 2.95. The number of nitrogens with zero attached hydrogens (tertiary/aromatic N) is 1. The molecule has 1 unspecified atom stereocenters. The van der Waals surface area contributed by atoms with E-state index in [4.69, 9.17) is 23.2 Å². The summed E-state index contributed by atoms with van der Waals surface area (Å²) in [5.41, 5.74) is -0.134. The second-order valence-electron chi connectivity index (χ2n) is 6.00. The lowest BCUT2D eigenvalue weighted by atomic mass is 10.2. The molecule has 0 fully saturated rings. The van der Waals surface area contributed by atoms with Gasteiger partial charge in [-0.15, -0.1) is 0 Å². The highest BCUT2D eigenvalue weighted by Crippen LogP contribution is 2.25. The lowest BCUT2D eigenvalue weighted by molar-refractivity contribution is -0.123. The van der Waals surface area contributed by atoms with E-state index in [0.717, 1.165) is 12.1 Å². The molecule has 2 N–H and O–H groups in total. The quantitative estimate of drug-likeness (QED) is 0.677. The summed E-state index contributed by atoms with van der Waals surface area (Å²) in [5.74, 6) is -2.79. The van der Waals surface area contributed by atoms with E-state index < -0.39 is 35.2 Å². The fourth-order valence-electron chi connectivity index (χ4n) is 2.50. The Morgan fingerprint density at radius 1 is 1.11 bits per heavy atom. The number of carbonyl (C=O) groups is 2. The van der Waals surface area contributed by atoms with Gasteiger partial charge in [0, 0.05) is 5.02 Å². The van der Waals surface area contributed by atoms with E-state index in [2.05, 4.69) is 10.6 Å². The highest BCUT2D eigenvalue weighted by atomic mass is 35.5. The fraction of sp³-hybridized carbons (Fsp3) is 0.263. The molecular weight excluding hydrogens is 411 g/mol. The van der Waals surface area contributed by atoms with Gasteiger partial charge < -0.3 is 10.6 Å². The normalized spacial score (nSPS) is 12.0. The number of halogens is 4. The van der Waals surface area contributed by atoms with Crippen LogP contribution in [0.15, 0.2) is 36.4 Å². The first kappa shape index (κ1) is 22.1. The lowest BCUT2D eigenvalue weighted by Crippen LogP contribution is -2.45. The number of nitrogens with one attached hydrogen (secondary N) is 2. The van der Waals surface area contributed by atoms with Crippen molar-refractivity contribution in [1.29, 1.82) is 0 Å². The van der Waals surface area contributed by atoms with Crippen molar-refractivity contribution in [3.63, 3.8) is 0 Å². The predicted octanol–water partition coefficient (Wildman–Crippen LogP) is 4.56. The van der Waals surface area contributed by atoms with Gasteiger partial charge in [-0.25, -0.2) is 8.78 Å². The molecule has 0 aliphatic heterocycles. The van der Waals surface area contributed by atoms with Gasteiger partial charge in [0.2, 0.25) is 11.8 Å². The average Bonchev–Trinajstić information content (AvgIpc) is 2.64. The van der Waals surface area contributed by atoms with E-state index in [1.807, 2.05) is 0 Å². The molecule has 0 heterocycles. The van der Waals surface area contributed by atoms with E-state index >= 15 is 0 Å². The largest absolute Gasteiger partial charge is 0.323 e. The van der Waals surface area contributed by atoms with E-state index in [-0.39, 0.29) is 11.6 Å². The maximum atomic E-state index is 13.7. The molecule has 0 aliphatic rings. The number of amides is 2. The molecule has 0 saturated carbocycles. The Morgan fingerprint density at radius 2 is 1.75 bits per heavy atom. The molecule has 2 aromatic carbocycles. The highest BCUT2D eigenvalue weighted by Gasteiger charge is 2.23. The van der Waals surface area contributed by atoms with Gasteiger partial charge in [0.25, 0.3) is 0 Å². The Labute approximate surface area is 171 Å². The summed E-state index contributed by atoms with van der Waals surface area (Å²) in [4.78, 5) is 26.3. The molecule has 28 heavy (non-hydrogen) atoms. The van der Waals surface area contributed by atoms with Crippen molar-refractivity contribution in [3.05, 3.63) is 58.1 Å². The molecule has 0 bridgehead atoms. The van der Waals surface area contributed by atoms with Crippen LogP contribution < -0.4 is 10.6 Å². The molecule has 0 spiro atoms. The second-order valence-corrected chi connectivity index (χ2v) is 6.84. The average molecular weight is 430 g/mol. The number of para-hydroxylation sites is 1. The van der Waals surface area contributed by atoms with Crippen molar-refractivity contribution in [2.75, 3.05) is 23.7 Å². The summed E-state index contributed by atoms with van der Waals surface area (Å²) in [7, 11) is 0. The van der Waals surface area contributed by atoms with Crippen LogP contribution in [0.25, 0.3) is 0 Å². The smallest absolute Gasteiger partial charge is 0.241 e. The molecular formula is C19H19Cl2F2N3O2. The maximum absolute atomic E-state index is 13.7. The van der Waals surface area contributed by atoms with Crippen molar-refractivity contribution in [2.45, 2.75) is 19.9 Å². The van der Waals surface area contributed by atoms with Gasteiger partial charge in [-0.1, -0.05) is 36.2 Å². The zero-order chi connectivity index (χ0) is 20.8. The standard InChI is InChI=1S/C19H19Cl2F2N3O2/c1-3-26(10-17(27)25-18-14(22)5-4-6-15(18)23)11(2)19(28)24-16-8-7-12(20)9-13(16)21/h4-9,11H,3,10H2,1-2H3,(H,24,28)(H,25,27). The van der Waals surface area contributed by atoms with E-state index in [9.17, 15) is 18.4 Å². The number of anilines is 2. The molecule has 0 aromatic heterocycles. The van der Waals surface area contributed by atoms with Gasteiger partial charge >= 0.3 is 0 Å². The zero-order valence-electron chi connectivity index (χ0n) is 15.2. The van der Waals surface area contributed by atoms with Crippen LogP contribution in [-0.2, 0) is 9.59 Å². The van der Waals surface area contributed by atoms with Gasteiger partial charge in [0.1, 0.15) is 17.3 Å². The number of likely N-dealkylation sites (N-methyl/N-ethyl adjacent to an activating group) is 1. The summed E-state index contributed by atoms with van der Waals surface area (Å²) in [6.07, 6.45) is 0. The Morgan fingerprint density at radius 3 is 2.32 bits per heavy atom. The van der Waals surface area contributed by atoms with Crippen LogP contribution in [0, 0.1) is 11.6 Å². The molecule has 2 amide bonds. The number of rotatable bonds is 7. The molecule has 1 atom stereocenters. The second kappa shape index (κ2) is 9.82. The lowest BCUT2D eigenvalue weighted by Gasteiger charge is -2.26. The molecule has 0 aliphatic carbocycles. The van der Waals surface area contributed by atoms with Gasteiger partial charge in [0.15, 0.2) is 0 Å². The summed E-state index contributed by atoms with van der Waals surface area (Å²) >= 11 is 11.9. The number of hydrogen-bond acceptors (Lipinski definition) is 3. The number of hydrogen-bond donors (Lipinski definition) is 2. The van der Waals surface area contributed by atoms with Crippen LogP contribution in [0.5, 0.6) is 0 Å². The van der Waals surface area contributed by atoms with Crippen molar-refractivity contribution in [1.82, 2.24) is 4.90 Å². The third kappa shape index (κ3) is 5.64. The van der Waals surface area contributed by atoms with E-state index in [0.29, 0.717) is 17.3 Å². The minimum absolute atomic E-state index is 0.229. The summed E-state index contributed by atoms with van der Waals surface area (Å²) < 4.78 is 27.3. The molecule has 2 rings (SSSR count). The Bertz CT molecular complexity index is 860. The van der Waals surface area contributed by atoms with Crippen LogP contribution in [-0.4, -0.2) is 35.8 Å². The molecule has 5 nitrogen and oxygen atoms in total. The SMILES string of the molecule is CCN(CC(=O)Nc1c(F)cccc1F)C(C)C(=O)Nc1ccc(Cl)cc1Cl. The Kier molecular flexibility index (Phi) is 7.74. The summed E-state index contributed by atoms with van der Waals surface area (Å²) in [6, 6.07) is 7.24. The minimum atomic E-state index is -0.875. The minimum Gasteiger partial charge on any atom is -0.323 e. The van der Waals surface area contributed by atoms with E-state index in [1.54, 1.807) is 30.9 Å². The van der Waals surface area contributed by atoms with Crippen LogP contribution in [0.2, 0.25) is 10.0 Å². The Balaban J connectivity index is 2.02. The zero-order valence-corrected chi connectivity index (χ0v) is 16.7. The number of benzene rings is 2. The topological polar surface area (TPSA) is 61.4 Å². The predicted molar refractivity (Wildman–Crippen MR) is 107 cm³/mol. The van der Waals surface area contributed by atoms with Crippen molar-refractivity contribution in [2.24, 2.45) is 0 Å². The van der Waals surface area contributed by atoms with Gasteiger partial charge in [-0.05, 0) is 43.8 Å². The highest BCUT2D eigenvalue weighted by molar-refractivity contribution is 6.36. The van der Waals surface area contributed by atoms with Gasteiger partial charge in [0.05, 0.1) is 23.3 Å². The first-order valence-corrected chi connectivity index (χ1v) is 9.22. The van der Waals surface area contributed by atoms with Crippen LogP contribution >= 0.6 is 23.2 Å². The number of carbonyl (C=O) groups excluding carboxylic acids is 2. The van der Waals surface area contributed by atoms with Crippen LogP contribution in [0.3, 0.4) is 0 Å². The third-order valence-corrected chi connectivity index (χ3v) is 4.64. The van der Waals surface area contributed by atoms with Crippen LogP contribution in [0.4, 0.5) is 20.2 Å². The van der Waals surface area contributed by atoms with Crippen LogP contribution in [0.1, 0.15) is 13.8 Å². The van der Waals surface area contributed by atoms with Crippen molar-refractivity contribution in [3.8, 4) is 0 Å². The maximum Gasteiger partial charge on any atom is 0.241 e. The van der Waals surface area contributed by atoms with Gasteiger partial charge in [-0.3, -0.25) is 14.5 Å². The van der Waals surface area contributed by atoms with E-state index in [1.165, 1.54) is 12.1 Å². The molecule has 0 saturated heterocycles. The first-order chi connectivity index (χ1) is 13.2. The third-order valence-electron chi connectivity index (χ3n) is 4.10. The monoisotopic (exact) mass is 429 g/mol. The van der Waals surface area contributed by atoms with Crippen molar-refractivity contribution < 1.29 is 18.4 Å². The first-order valence-electron chi connectivity index (χ1n) is 8.46. The summed E-state index contributed by atoms with van der Waals surface area (Å²) in [5, 5.41) is 5.59. The summed E-state index contributed by atoms with van der Waals surface area (Å²) in [6.45, 7) is 3.50. The molecule has 9 heteroatoms. The molecule has 2 aromatic rings. The van der Waals surface area contributed by atoms with Gasteiger partial charge in [-0.2, -0.15) is 0 Å². The molecule has 150 valence electrons. The van der Waals surface area contributed by atoms with Crippen molar-refractivity contribution >= 4 is 46.4 Å². The Hall–Kier alpha value is -2.22.